The number of rotatable bonds is 8. The van der Waals surface area contributed by atoms with Crippen molar-refractivity contribution in [2.75, 3.05) is 0 Å². The van der Waals surface area contributed by atoms with E-state index >= 15 is 0 Å². The number of hydrogen-bond donors (Lipinski definition) is 0. The van der Waals surface area contributed by atoms with Gasteiger partial charge in [-0.05, 0) is 24.0 Å². The number of halogens is 2. The van der Waals surface area contributed by atoms with Crippen molar-refractivity contribution in [3.8, 4) is 0 Å². The fourth-order valence-corrected chi connectivity index (χ4v) is 3.45. The monoisotopic (exact) mass is 258 g/mol. The molecule has 0 saturated carbocycles. The lowest BCUT2D eigenvalue weighted by molar-refractivity contribution is 0.574. The van der Waals surface area contributed by atoms with E-state index in [1.165, 1.54) is 0 Å². The summed E-state index contributed by atoms with van der Waals surface area (Å²) >= 11 is 10.9. The average Bonchev–Trinajstić information content (AvgIpc) is 2.21. The van der Waals surface area contributed by atoms with Crippen LogP contribution in [0.2, 0.25) is 0 Å². The summed E-state index contributed by atoms with van der Waals surface area (Å²) in [6.07, 6.45) is 5.83. The Bertz CT molecular complexity index is 121. The van der Waals surface area contributed by atoms with Gasteiger partial charge in [0, 0.05) is 12.8 Å². The molecule has 86 valence electrons. The van der Waals surface area contributed by atoms with Crippen LogP contribution in [-0.2, 0) is 11.2 Å². The lowest BCUT2D eigenvalue weighted by Crippen LogP contribution is -2.24. The Morgan fingerprint density at radius 3 is 1.64 bits per heavy atom. The first-order valence-electron chi connectivity index (χ1n) is 5.31. The van der Waals surface area contributed by atoms with Gasteiger partial charge in [0.25, 0.3) is 0 Å². The van der Waals surface area contributed by atoms with Crippen molar-refractivity contribution >= 4 is 34.4 Å². The Morgan fingerprint density at radius 2 is 1.36 bits per heavy atom. The van der Waals surface area contributed by atoms with Crippen LogP contribution in [0.4, 0.5) is 0 Å². The molecule has 0 fully saturated rings. The summed E-state index contributed by atoms with van der Waals surface area (Å²) in [7, 11) is 0. The Kier molecular flexibility index (Phi) is 9.72. The lowest BCUT2D eigenvalue weighted by atomic mass is 10.3. The third-order valence-electron chi connectivity index (χ3n) is 2.07. The van der Waals surface area contributed by atoms with Gasteiger partial charge in [0.1, 0.15) is 0 Å². The molecule has 0 radical (unpaired) electrons. The number of alkyl halides is 2. The van der Waals surface area contributed by atoms with Crippen molar-refractivity contribution < 1.29 is 4.55 Å². The molecule has 1 nitrogen and oxygen atoms in total. The van der Waals surface area contributed by atoms with Crippen molar-refractivity contribution in [1.29, 1.82) is 0 Å². The molecule has 0 rings (SSSR count). The van der Waals surface area contributed by atoms with Gasteiger partial charge in [-0.25, -0.2) is 0 Å². The van der Waals surface area contributed by atoms with E-state index in [0.29, 0.717) is 0 Å². The van der Waals surface area contributed by atoms with E-state index in [2.05, 4.69) is 13.8 Å². The second kappa shape index (κ2) is 9.14. The Morgan fingerprint density at radius 1 is 1.00 bits per heavy atom. The topological polar surface area (TPSA) is 23.1 Å². The van der Waals surface area contributed by atoms with Gasteiger partial charge in [-0.15, -0.1) is 0 Å². The van der Waals surface area contributed by atoms with Gasteiger partial charge in [0.15, 0.2) is 9.42 Å². The van der Waals surface area contributed by atoms with E-state index in [-0.39, 0.29) is 9.42 Å². The van der Waals surface area contributed by atoms with Crippen molar-refractivity contribution in [1.82, 2.24) is 0 Å². The van der Waals surface area contributed by atoms with E-state index < -0.39 is 11.2 Å². The molecular formula is C10H20Cl2OS. The molecule has 2 unspecified atom stereocenters. The van der Waals surface area contributed by atoms with E-state index in [1.807, 2.05) is 0 Å². The molecule has 0 saturated heterocycles. The molecule has 14 heavy (non-hydrogen) atoms. The third kappa shape index (κ3) is 6.39. The zero-order chi connectivity index (χ0) is 11.0. The van der Waals surface area contributed by atoms with Crippen LogP contribution in [-0.4, -0.2) is 14.0 Å². The van der Waals surface area contributed by atoms with E-state index in [0.717, 1.165) is 38.5 Å². The first-order chi connectivity index (χ1) is 6.63. The molecule has 0 spiro atoms. The van der Waals surface area contributed by atoms with Gasteiger partial charge in [-0.1, -0.05) is 49.9 Å². The summed E-state index contributed by atoms with van der Waals surface area (Å²) < 4.78 is 11.2. The predicted octanol–water partition coefficient (Wildman–Crippen LogP) is 4.25. The first kappa shape index (κ1) is 14.9. The van der Waals surface area contributed by atoms with Crippen molar-refractivity contribution in [2.45, 2.75) is 61.8 Å². The maximum atomic E-state index is 11.7. The third-order valence-corrected chi connectivity index (χ3v) is 5.04. The van der Waals surface area contributed by atoms with Crippen molar-refractivity contribution in [3.63, 3.8) is 0 Å². The average molecular weight is 259 g/mol. The fraction of sp³-hybridized carbons (Fsp3) is 1.00. The minimum absolute atomic E-state index is 0.269. The SMILES string of the molecule is CCCCC(Cl)[S+]([O-])C(Cl)CCCC. The number of hydrogen-bond acceptors (Lipinski definition) is 1. The molecule has 0 bridgehead atoms. The summed E-state index contributed by atoms with van der Waals surface area (Å²) in [6, 6.07) is 0. The highest BCUT2D eigenvalue weighted by molar-refractivity contribution is 7.95. The molecule has 0 aliphatic carbocycles. The van der Waals surface area contributed by atoms with Gasteiger partial charge < -0.3 is 4.55 Å². The molecule has 2 atom stereocenters. The highest BCUT2D eigenvalue weighted by Gasteiger charge is 2.26. The second-order valence-corrected chi connectivity index (χ2v) is 6.80. The Hall–Kier alpha value is 0.890. The van der Waals surface area contributed by atoms with Crippen LogP contribution in [0, 0.1) is 0 Å². The normalized spacial score (nSPS) is 17.8. The Labute approximate surface area is 101 Å². The smallest absolute Gasteiger partial charge is 0.190 e. The minimum Gasteiger partial charge on any atom is -0.614 e. The van der Waals surface area contributed by atoms with Crippen molar-refractivity contribution in [3.05, 3.63) is 0 Å². The first-order valence-corrected chi connectivity index (χ1v) is 7.45. The van der Waals surface area contributed by atoms with Gasteiger partial charge in [0.2, 0.25) is 0 Å². The molecule has 0 aromatic carbocycles. The zero-order valence-corrected chi connectivity index (χ0v) is 11.3. The van der Waals surface area contributed by atoms with E-state index in [1.54, 1.807) is 0 Å². The summed E-state index contributed by atoms with van der Waals surface area (Å²) in [5.41, 5.74) is 0. The Balaban J connectivity index is 3.72. The molecule has 4 heteroatoms. The van der Waals surface area contributed by atoms with Crippen molar-refractivity contribution in [2.24, 2.45) is 0 Å². The minimum atomic E-state index is -1.08. The summed E-state index contributed by atoms with van der Waals surface area (Å²) in [4.78, 5) is 0. The quantitative estimate of drug-likeness (QED) is 0.472. The van der Waals surface area contributed by atoms with E-state index in [9.17, 15) is 4.55 Å². The van der Waals surface area contributed by atoms with Crippen LogP contribution >= 0.6 is 23.2 Å². The molecule has 0 amide bonds. The lowest BCUT2D eigenvalue weighted by Gasteiger charge is -2.20. The fourth-order valence-electron chi connectivity index (χ4n) is 1.12. The molecular weight excluding hydrogens is 239 g/mol. The van der Waals surface area contributed by atoms with Gasteiger partial charge in [-0.2, -0.15) is 0 Å². The van der Waals surface area contributed by atoms with Crippen LogP contribution in [0.15, 0.2) is 0 Å². The molecule has 0 aliphatic rings. The maximum absolute atomic E-state index is 11.7. The summed E-state index contributed by atoms with van der Waals surface area (Å²) in [6.45, 7) is 4.20. The van der Waals surface area contributed by atoms with Crippen LogP contribution in [0.25, 0.3) is 0 Å². The maximum Gasteiger partial charge on any atom is 0.190 e. The molecule has 0 heterocycles. The molecule has 0 aliphatic heterocycles. The van der Waals surface area contributed by atoms with E-state index in [4.69, 9.17) is 23.2 Å². The summed E-state index contributed by atoms with van der Waals surface area (Å²) in [5.74, 6) is 0. The highest BCUT2D eigenvalue weighted by Crippen LogP contribution is 2.24. The molecule has 0 N–H and O–H groups in total. The van der Waals surface area contributed by atoms with Crippen LogP contribution in [0.1, 0.15) is 52.4 Å². The van der Waals surface area contributed by atoms with Crippen LogP contribution in [0.3, 0.4) is 0 Å². The largest absolute Gasteiger partial charge is 0.614 e. The zero-order valence-electron chi connectivity index (χ0n) is 8.97. The standard InChI is InChI=1S/C10H20Cl2OS/c1-3-5-7-9(11)14(13)10(12)8-6-4-2/h9-10H,3-8H2,1-2H3. The van der Waals surface area contributed by atoms with Crippen LogP contribution < -0.4 is 0 Å². The molecule has 0 aromatic rings. The molecule has 0 aromatic heterocycles. The predicted molar refractivity (Wildman–Crippen MR) is 66.5 cm³/mol. The van der Waals surface area contributed by atoms with Gasteiger partial charge in [0.05, 0.1) is 0 Å². The number of unbranched alkanes of at least 4 members (excludes halogenated alkanes) is 2. The second-order valence-electron chi connectivity index (χ2n) is 3.43. The van der Waals surface area contributed by atoms with Crippen LogP contribution in [0.5, 0.6) is 0 Å². The highest BCUT2D eigenvalue weighted by atomic mass is 35.5. The van der Waals surface area contributed by atoms with Gasteiger partial charge >= 0.3 is 0 Å². The van der Waals surface area contributed by atoms with Gasteiger partial charge in [-0.3, -0.25) is 0 Å². The summed E-state index contributed by atoms with van der Waals surface area (Å²) in [5, 5.41) is 0.